The van der Waals surface area contributed by atoms with E-state index >= 15 is 0 Å². The summed E-state index contributed by atoms with van der Waals surface area (Å²) >= 11 is 5.90. The summed E-state index contributed by atoms with van der Waals surface area (Å²) < 4.78 is 14.7. The highest BCUT2D eigenvalue weighted by Crippen LogP contribution is 2.26. The molecule has 1 heterocycles. The fourth-order valence-corrected chi connectivity index (χ4v) is 3.90. The number of carbonyl (C=O) groups excluding carboxylic acids is 1. The van der Waals surface area contributed by atoms with E-state index < -0.39 is 17.8 Å². The van der Waals surface area contributed by atoms with Crippen molar-refractivity contribution in [3.05, 3.63) is 113 Å². The molecule has 1 atom stereocenters. The third kappa shape index (κ3) is 6.24. The van der Waals surface area contributed by atoms with E-state index in [0.717, 1.165) is 5.56 Å². The largest absolute Gasteiger partial charge is 0.388 e. The van der Waals surface area contributed by atoms with Gasteiger partial charge in [0.05, 0.1) is 17.4 Å². The topological polar surface area (TPSA) is 78.4 Å². The van der Waals surface area contributed by atoms with Crippen molar-refractivity contribution in [3.8, 4) is 11.3 Å². The van der Waals surface area contributed by atoms with E-state index in [-0.39, 0.29) is 23.4 Å². The van der Waals surface area contributed by atoms with Crippen LogP contribution in [-0.2, 0) is 6.54 Å². The average molecular weight is 505 g/mol. The van der Waals surface area contributed by atoms with E-state index in [1.54, 1.807) is 42.5 Å². The predicted molar refractivity (Wildman–Crippen MR) is 139 cm³/mol. The van der Waals surface area contributed by atoms with Gasteiger partial charge in [-0.15, -0.1) is 0 Å². The summed E-state index contributed by atoms with van der Waals surface area (Å²) in [5.74, 6) is -0.569. The Balaban J connectivity index is 1.53. The molecule has 1 aromatic heterocycles. The number of aromatic nitrogens is 2. The fraction of sp³-hybridized carbons (Fsp3) is 0.179. The van der Waals surface area contributed by atoms with E-state index in [9.17, 15) is 14.3 Å². The minimum Gasteiger partial charge on any atom is -0.388 e. The lowest BCUT2D eigenvalue weighted by molar-refractivity contribution is 0.0942. The highest BCUT2D eigenvalue weighted by Gasteiger charge is 2.20. The number of halogens is 2. The Labute approximate surface area is 214 Å². The van der Waals surface area contributed by atoms with E-state index in [1.807, 2.05) is 42.3 Å². The number of anilines is 1. The van der Waals surface area contributed by atoms with Crippen LogP contribution >= 0.6 is 11.6 Å². The van der Waals surface area contributed by atoms with Crippen LogP contribution in [0.25, 0.3) is 11.3 Å². The van der Waals surface area contributed by atoms with Gasteiger partial charge >= 0.3 is 0 Å². The van der Waals surface area contributed by atoms with Crippen LogP contribution in [0.15, 0.2) is 85.1 Å². The van der Waals surface area contributed by atoms with Crippen molar-refractivity contribution < 1.29 is 14.3 Å². The van der Waals surface area contributed by atoms with Gasteiger partial charge in [-0.2, -0.15) is 0 Å². The monoisotopic (exact) mass is 504 g/mol. The van der Waals surface area contributed by atoms with Crippen LogP contribution in [0.3, 0.4) is 0 Å². The number of carbonyl (C=O) groups is 1. The third-order valence-corrected chi connectivity index (χ3v) is 5.96. The lowest BCUT2D eigenvalue weighted by atomic mass is 10.1. The van der Waals surface area contributed by atoms with Gasteiger partial charge in [0.1, 0.15) is 5.82 Å². The van der Waals surface area contributed by atoms with Crippen molar-refractivity contribution in [2.75, 3.05) is 18.5 Å². The Bertz CT molecular complexity index is 1320. The number of benzene rings is 3. The molecule has 4 rings (SSSR count). The van der Waals surface area contributed by atoms with Crippen LogP contribution in [0, 0.1) is 5.82 Å². The molecule has 2 N–H and O–H groups in total. The molecule has 0 spiro atoms. The van der Waals surface area contributed by atoms with E-state index in [0.29, 0.717) is 29.5 Å². The molecule has 0 saturated heterocycles. The maximum atomic E-state index is 14.7. The van der Waals surface area contributed by atoms with Crippen molar-refractivity contribution in [1.29, 1.82) is 0 Å². The van der Waals surface area contributed by atoms with Gasteiger partial charge in [0.2, 0.25) is 5.95 Å². The zero-order valence-corrected chi connectivity index (χ0v) is 20.5. The quantitative estimate of drug-likeness (QED) is 0.318. The average Bonchev–Trinajstić information content (AvgIpc) is 2.89. The minimum absolute atomic E-state index is 0.151. The van der Waals surface area contributed by atoms with Crippen molar-refractivity contribution in [2.45, 2.75) is 19.1 Å². The van der Waals surface area contributed by atoms with Crippen molar-refractivity contribution >= 4 is 23.5 Å². The smallest absolute Gasteiger partial charge is 0.255 e. The first kappa shape index (κ1) is 25.3. The molecule has 0 aliphatic heterocycles. The molecule has 8 heteroatoms. The maximum Gasteiger partial charge on any atom is 0.255 e. The Hall–Kier alpha value is -3.81. The molecule has 0 saturated carbocycles. The molecule has 0 aliphatic rings. The molecule has 36 heavy (non-hydrogen) atoms. The lowest BCUT2D eigenvalue weighted by Crippen LogP contribution is -2.27. The van der Waals surface area contributed by atoms with Gasteiger partial charge in [0, 0.05) is 36.9 Å². The fourth-order valence-electron chi connectivity index (χ4n) is 3.78. The number of aliphatic hydroxyl groups is 1. The van der Waals surface area contributed by atoms with Gasteiger partial charge < -0.3 is 15.3 Å². The Morgan fingerprint density at radius 2 is 1.75 bits per heavy atom. The van der Waals surface area contributed by atoms with E-state index in [1.165, 1.54) is 12.3 Å². The molecule has 0 fully saturated rings. The van der Waals surface area contributed by atoms with Crippen molar-refractivity contribution in [3.63, 3.8) is 0 Å². The lowest BCUT2D eigenvalue weighted by Gasteiger charge is -2.19. The summed E-state index contributed by atoms with van der Waals surface area (Å²) in [7, 11) is 1.84. The molecule has 1 amide bonds. The summed E-state index contributed by atoms with van der Waals surface area (Å²) in [6.07, 6.45) is 0.941. The molecule has 0 bridgehead atoms. The molecular formula is C28H26ClFN4O2. The second-order valence-electron chi connectivity index (χ2n) is 8.37. The van der Waals surface area contributed by atoms with Crippen molar-refractivity contribution in [2.24, 2.45) is 0 Å². The first-order chi connectivity index (χ1) is 17.4. The normalized spacial score (nSPS) is 11.7. The number of nitrogens with zero attached hydrogens (tertiary/aromatic N) is 3. The van der Waals surface area contributed by atoms with Gasteiger partial charge in [-0.25, -0.2) is 14.4 Å². The Morgan fingerprint density at radius 1 is 1.06 bits per heavy atom. The van der Waals surface area contributed by atoms with Crippen LogP contribution in [0.2, 0.25) is 5.02 Å². The van der Waals surface area contributed by atoms with E-state index in [2.05, 4.69) is 15.3 Å². The van der Waals surface area contributed by atoms with Crippen LogP contribution in [-0.4, -0.2) is 34.6 Å². The van der Waals surface area contributed by atoms with Crippen LogP contribution in [0.4, 0.5) is 10.3 Å². The van der Waals surface area contributed by atoms with Gasteiger partial charge in [0.25, 0.3) is 5.91 Å². The summed E-state index contributed by atoms with van der Waals surface area (Å²) in [5.41, 5.74) is 2.33. The summed E-state index contributed by atoms with van der Waals surface area (Å²) in [4.78, 5) is 23.8. The molecule has 0 radical (unpaired) electrons. The number of amides is 1. The summed E-state index contributed by atoms with van der Waals surface area (Å²) in [5, 5.41) is 13.8. The van der Waals surface area contributed by atoms with Gasteiger partial charge in [0.15, 0.2) is 0 Å². The Morgan fingerprint density at radius 3 is 2.47 bits per heavy atom. The number of hydrogen-bond acceptors (Lipinski definition) is 5. The predicted octanol–water partition coefficient (Wildman–Crippen LogP) is 5.43. The van der Waals surface area contributed by atoms with Crippen LogP contribution < -0.4 is 10.2 Å². The maximum absolute atomic E-state index is 14.7. The minimum atomic E-state index is -0.765. The summed E-state index contributed by atoms with van der Waals surface area (Å²) in [6.45, 7) is 0.751. The first-order valence-corrected chi connectivity index (χ1v) is 11.9. The van der Waals surface area contributed by atoms with Gasteiger partial charge in [-0.05, 0) is 41.8 Å². The number of rotatable bonds is 9. The summed E-state index contributed by atoms with van der Waals surface area (Å²) in [6, 6.07) is 22.9. The molecular weight excluding hydrogens is 479 g/mol. The number of hydrogen-bond donors (Lipinski definition) is 2. The zero-order valence-electron chi connectivity index (χ0n) is 19.7. The highest BCUT2D eigenvalue weighted by molar-refractivity contribution is 6.30. The third-order valence-electron chi connectivity index (χ3n) is 5.71. The molecule has 6 nitrogen and oxygen atoms in total. The zero-order chi connectivity index (χ0) is 25.5. The van der Waals surface area contributed by atoms with Crippen LogP contribution in [0.1, 0.15) is 34.0 Å². The molecule has 4 aromatic rings. The standard InChI is InChI=1S/C28H26ClFN4O2/c1-34(18-19-7-3-2-4-8-19)28-32-17-23(26(33-28)22-9-5-6-10-24(22)30)27(36)31-16-15-25(35)20-11-13-21(29)14-12-20/h2-14,17,25,35H,15-16,18H2,1H3,(H,31,36). The number of aliphatic hydroxyl groups excluding tert-OH is 1. The SMILES string of the molecule is CN(Cc1ccccc1)c1ncc(C(=O)NCCC(O)c2ccc(Cl)cc2)c(-c2ccccc2F)n1. The second-order valence-corrected chi connectivity index (χ2v) is 8.80. The van der Waals surface area contributed by atoms with Crippen molar-refractivity contribution in [1.82, 2.24) is 15.3 Å². The highest BCUT2D eigenvalue weighted by atomic mass is 35.5. The van der Waals surface area contributed by atoms with Gasteiger partial charge in [-0.3, -0.25) is 4.79 Å². The molecule has 184 valence electrons. The van der Waals surface area contributed by atoms with E-state index in [4.69, 9.17) is 11.6 Å². The van der Waals surface area contributed by atoms with Gasteiger partial charge in [-0.1, -0.05) is 66.2 Å². The van der Waals surface area contributed by atoms with Crippen LogP contribution in [0.5, 0.6) is 0 Å². The Kier molecular flexibility index (Phi) is 8.25. The number of nitrogens with one attached hydrogen (secondary N) is 1. The second kappa shape index (κ2) is 11.7. The molecule has 1 unspecified atom stereocenters. The first-order valence-electron chi connectivity index (χ1n) is 11.5. The molecule has 0 aliphatic carbocycles. The molecule has 3 aromatic carbocycles.